The van der Waals surface area contributed by atoms with Crippen LogP contribution in [-0.4, -0.2) is 33.8 Å². The monoisotopic (exact) mass is 408 g/mol. The van der Waals surface area contributed by atoms with Crippen LogP contribution in [0.3, 0.4) is 0 Å². The minimum Gasteiger partial charge on any atom is -0.457 e. The summed E-state index contributed by atoms with van der Waals surface area (Å²) >= 11 is 6.59. The van der Waals surface area contributed by atoms with E-state index in [0.29, 0.717) is 0 Å². The Kier molecular flexibility index (Phi) is 8.81. The lowest BCUT2D eigenvalue weighted by atomic mass is 10.3. The van der Waals surface area contributed by atoms with Crippen LogP contribution in [0.15, 0.2) is 58.5 Å². The number of ether oxygens (including phenoxy) is 1. The van der Waals surface area contributed by atoms with Crippen LogP contribution in [0.1, 0.15) is 0 Å². The van der Waals surface area contributed by atoms with Gasteiger partial charge in [0, 0.05) is 0 Å². The largest absolute Gasteiger partial charge is 0.457 e. The van der Waals surface area contributed by atoms with Gasteiger partial charge in [0.1, 0.15) is 20.3 Å². The van der Waals surface area contributed by atoms with Crippen molar-refractivity contribution in [2.24, 2.45) is 9.98 Å². The molecule has 0 heterocycles. The smallest absolute Gasteiger partial charge is 0.130 e. The minimum atomic E-state index is 0.791. The third kappa shape index (κ3) is 6.66. The van der Waals surface area contributed by atoms with Crippen molar-refractivity contribution in [2.75, 3.05) is 25.0 Å². The van der Waals surface area contributed by atoms with Crippen molar-refractivity contribution in [3.8, 4) is 11.5 Å². The van der Waals surface area contributed by atoms with Gasteiger partial charge in [-0.2, -0.15) is 0 Å². The normalized spacial score (nSPS) is 10.2. The van der Waals surface area contributed by atoms with E-state index < -0.39 is 0 Å². The first-order valence-electron chi connectivity index (χ1n) is 7.39. The zero-order valence-corrected chi connectivity index (χ0v) is 17.8. The molecular weight excluding hydrogens is 388 g/mol. The molecule has 0 aromatic heterocycles. The number of thioether (sulfide) groups is 4. The van der Waals surface area contributed by atoms with E-state index in [9.17, 15) is 0 Å². The Hall–Kier alpha value is -1.02. The average Bonchev–Trinajstić information content (AvgIpc) is 2.66. The highest BCUT2D eigenvalue weighted by atomic mass is 32.2. The Morgan fingerprint density at radius 3 is 1.20 bits per heavy atom. The summed E-state index contributed by atoms with van der Waals surface area (Å²) in [6, 6.07) is 15.6. The van der Waals surface area contributed by atoms with Crippen LogP contribution >= 0.6 is 47.0 Å². The molecule has 0 saturated carbocycles. The Bertz CT molecular complexity index is 652. The Balaban J connectivity index is 2.05. The van der Waals surface area contributed by atoms with E-state index in [1.54, 1.807) is 47.0 Å². The molecule has 2 aromatic carbocycles. The third-order valence-electron chi connectivity index (χ3n) is 3.05. The summed E-state index contributed by atoms with van der Waals surface area (Å²) in [5, 5.41) is 0. The van der Waals surface area contributed by atoms with Crippen LogP contribution in [0, 0.1) is 0 Å². The molecule has 0 aliphatic rings. The lowest BCUT2D eigenvalue weighted by molar-refractivity contribution is 0.483. The van der Waals surface area contributed by atoms with Gasteiger partial charge in [-0.25, -0.2) is 9.98 Å². The molecule has 0 unspecified atom stereocenters. The number of rotatable bonds is 4. The van der Waals surface area contributed by atoms with Gasteiger partial charge in [0.05, 0.1) is 11.4 Å². The second kappa shape index (κ2) is 10.9. The fourth-order valence-corrected chi connectivity index (χ4v) is 3.99. The molecule has 0 atom stereocenters. The van der Waals surface area contributed by atoms with Crippen molar-refractivity contribution in [3.05, 3.63) is 48.5 Å². The SMILES string of the molecule is CSC(=Nc1ccc(Oc2ccc(N=C(SC)SC)cc2)cc1)SC. The maximum absolute atomic E-state index is 5.89. The van der Waals surface area contributed by atoms with Gasteiger partial charge in [-0.3, -0.25) is 0 Å². The minimum absolute atomic E-state index is 0.791. The van der Waals surface area contributed by atoms with Gasteiger partial charge in [-0.05, 0) is 73.6 Å². The molecule has 3 nitrogen and oxygen atoms in total. The lowest BCUT2D eigenvalue weighted by Gasteiger charge is -2.07. The van der Waals surface area contributed by atoms with E-state index in [4.69, 9.17) is 4.74 Å². The van der Waals surface area contributed by atoms with Gasteiger partial charge < -0.3 is 4.74 Å². The van der Waals surface area contributed by atoms with Crippen molar-refractivity contribution < 1.29 is 4.74 Å². The highest BCUT2D eigenvalue weighted by Crippen LogP contribution is 2.28. The first-order valence-corrected chi connectivity index (χ1v) is 12.3. The van der Waals surface area contributed by atoms with Gasteiger partial charge in [0.25, 0.3) is 0 Å². The molecule has 132 valence electrons. The summed E-state index contributed by atoms with van der Waals surface area (Å²) in [6.45, 7) is 0. The summed E-state index contributed by atoms with van der Waals surface area (Å²) < 4.78 is 7.97. The lowest BCUT2D eigenvalue weighted by Crippen LogP contribution is -1.85. The molecule has 0 spiro atoms. The maximum Gasteiger partial charge on any atom is 0.130 e. The summed E-state index contributed by atoms with van der Waals surface area (Å²) in [4.78, 5) is 9.13. The van der Waals surface area contributed by atoms with Gasteiger partial charge >= 0.3 is 0 Å². The zero-order chi connectivity index (χ0) is 18.1. The van der Waals surface area contributed by atoms with Crippen molar-refractivity contribution in [1.82, 2.24) is 0 Å². The molecule has 0 fully saturated rings. The van der Waals surface area contributed by atoms with Crippen molar-refractivity contribution in [1.29, 1.82) is 0 Å². The van der Waals surface area contributed by atoms with E-state index in [0.717, 1.165) is 31.6 Å². The molecule has 0 N–H and O–H groups in total. The maximum atomic E-state index is 5.89. The first-order chi connectivity index (χ1) is 12.2. The van der Waals surface area contributed by atoms with Crippen LogP contribution in [0.25, 0.3) is 0 Å². The number of aliphatic imine (C=N–C) groups is 2. The van der Waals surface area contributed by atoms with Crippen molar-refractivity contribution in [2.45, 2.75) is 0 Å². The van der Waals surface area contributed by atoms with E-state index in [-0.39, 0.29) is 0 Å². The van der Waals surface area contributed by atoms with Crippen molar-refractivity contribution in [3.63, 3.8) is 0 Å². The molecule has 0 bridgehead atoms. The van der Waals surface area contributed by atoms with Crippen molar-refractivity contribution >= 4 is 67.2 Å². The van der Waals surface area contributed by atoms with E-state index in [1.165, 1.54) is 0 Å². The fourth-order valence-electron chi connectivity index (χ4n) is 1.87. The second-order valence-electron chi connectivity index (χ2n) is 4.66. The summed E-state index contributed by atoms with van der Waals surface area (Å²) in [6.07, 6.45) is 8.12. The average molecular weight is 409 g/mol. The van der Waals surface area contributed by atoms with Gasteiger partial charge in [-0.1, -0.05) is 0 Å². The second-order valence-corrected chi connectivity index (χ2v) is 8.36. The number of benzene rings is 2. The molecule has 2 aromatic rings. The number of nitrogens with zero attached hydrogens (tertiary/aromatic N) is 2. The number of hydrogen-bond acceptors (Lipinski definition) is 7. The third-order valence-corrected chi connectivity index (χ3v) is 6.81. The van der Waals surface area contributed by atoms with Crippen LogP contribution in [-0.2, 0) is 0 Å². The standard InChI is InChI=1S/C18H20N2OS4/c1-22-17(23-2)19-13-5-9-15(10-6-13)21-16-11-7-14(8-12-16)20-18(24-3)25-4/h5-12H,1-4H3. The van der Waals surface area contributed by atoms with Crippen LogP contribution in [0.4, 0.5) is 11.4 Å². The highest BCUT2D eigenvalue weighted by Gasteiger charge is 2.01. The zero-order valence-electron chi connectivity index (χ0n) is 14.6. The summed E-state index contributed by atoms with van der Waals surface area (Å²) in [5.74, 6) is 1.58. The van der Waals surface area contributed by atoms with Gasteiger partial charge in [-0.15, -0.1) is 47.0 Å². The first kappa shape index (κ1) is 20.3. The Labute approximate surface area is 166 Å². The van der Waals surface area contributed by atoms with E-state index in [2.05, 4.69) is 9.98 Å². The van der Waals surface area contributed by atoms with Gasteiger partial charge in [0.2, 0.25) is 0 Å². The van der Waals surface area contributed by atoms with Crippen LogP contribution in [0.5, 0.6) is 11.5 Å². The molecule has 25 heavy (non-hydrogen) atoms. The molecule has 0 saturated heterocycles. The van der Waals surface area contributed by atoms with Crippen LogP contribution < -0.4 is 4.74 Å². The van der Waals surface area contributed by atoms with E-state index >= 15 is 0 Å². The molecule has 0 amide bonds. The highest BCUT2D eigenvalue weighted by molar-refractivity contribution is 8.38. The molecular formula is C18H20N2OS4. The molecule has 2 rings (SSSR count). The number of hydrogen-bond donors (Lipinski definition) is 0. The van der Waals surface area contributed by atoms with E-state index in [1.807, 2.05) is 73.6 Å². The quantitative estimate of drug-likeness (QED) is 0.406. The van der Waals surface area contributed by atoms with Gasteiger partial charge in [0.15, 0.2) is 0 Å². The molecule has 7 heteroatoms. The summed E-state index contributed by atoms with van der Waals surface area (Å²) in [5.41, 5.74) is 1.86. The Morgan fingerprint density at radius 1 is 0.600 bits per heavy atom. The predicted molar refractivity (Wildman–Crippen MR) is 121 cm³/mol. The molecule has 0 aliphatic heterocycles. The molecule has 0 aliphatic carbocycles. The fraction of sp³-hybridized carbons (Fsp3) is 0.222. The Morgan fingerprint density at radius 2 is 0.920 bits per heavy atom. The molecule has 0 radical (unpaired) electrons. The topological polar surface area (TPSA) is 34.0 Å². The summed E-state index contributed by atoms with van der Waals surface area (Å²) in [7, 11) is 0. The van der Waals surface area contributed by atoms with Crippen LogP contribution in [0.2, 0.25) is 0 Å². The predicted octanol–water partition coefficient (Wildman–Crippen LogP) is 6.91.